The van der Waals surface area contributed by atoms with Gasteiger partial charge in [0.1, 0.15) is 5.69 Å². The van der Waals surface area contributed by atoms with Crippen LogP contribution in [0.5, 0.6) is 0 Å². The molecule has 0 bridgehead atoms. The van der Waals surface area contributed by atoms with Gasteiger partial charge in [-0.1, -0.05) is 26.8 Å². The van der Waals surface area contributed by atoms with Gasteiger partial charge in [-0.25, -0.2) is 6.57 Å². The summed E-state index contributed by atoms with van der Waals surface area (Å²) in [4.78, 5) is 8.12. The van der Waals surface area contributed by atoms with Crippen LogP contribution in [0.3, 0.4) is 0 Å². The van der Waals surface area contributed by atoms with Crippen molar-refractivity contribution in [1.29, 1.82) is 0 Å². The maximum atomic E-state index is 7.17. The van der Waals surface area contributed by atoms with Crippen molar-refractivity contribution in [2.75, 3.05) is 0 Å². The minimum absolute atomic E-state index is 0.139. The second-order valence-electron chi connectivity index (χ2n) is 5.33. The number of pyridine rings is 1. The minimum atomic E-state index is -0.267. The van der Waals surface area contributed by atoms with Crippen LogP contribution in [0.2, 0.25) is 0 Å². The monoisotopic (exact) mass is 200 g/mol. The molecule has 0 N–H and O–H groups in total. The molecule has 2 rings (SSSR count). The van der Waals surface area contributed by atoms with Crippen LogP contribution in [0.4, 0.5) is 0 Å². The average Bonchev–Trinajstić information content (AvgIpc) is 2.97. The van der Waals surface area contributed by atoms with E-state index in [9.17, 15) is 0 Å². The predicted molar refractivity (Wildman–Crippen MR) is 60.5 cm³/mol. The van der Waals surface area contributed by atoms with Crippen LogP contribution < -0.4 is 0 Å². The van der Waals surface area contributed by atoms with Crippen LogP contribution in [0.1, 0.15) is 44.9 Å². The Kier molecular flexibility index (Phi) is 2.08. The molecule has 0 atom stereocenters. The third-order valence-corrected chi connectivity index (χ3v) is 3.04. The third kappa shape index (κ3) is 1.74. The average molecular weight is 200 g/mol. The summed E-state index contributed by atoms with van der Waals surface area (Å²) >= 11 is 0. The fourth-order valence-electron chi connectivity index (χ4n) is 1.66. The van der Waals surface area contributed by atoms with Crippen molar-refractivity contribution < 1.29 is 0 Å². The van der Waals surface area contributed by atoms with Crippen molar-refractivity contribution in [2.24, 2.45) is 0 Å². The topological polar surface area (TPSA) is 17.2 Å². The van der Waals surface area contributed by atoms with Gasteiger partial charge in [0.05, 0.1) is 0 Å². The van der Waals surface area contributed by atoms with Gasteiger partial charge in [0.15, 0.2) is 0 Å². The summed E-state index contributed by atoms with van der Waals surface area (Å²) in [5, 5.41) is 0. The number of rotatable bonds is 1. The molecule has 2 heteroatoms. The van der Waals surface area contributed by atoms with Gasteiger partial charge < -0.3 is 4.85 Å². The van der Waals surface area contributed by atoms with Gasteiger partial charge in [0.25, 0.3) is 5.54 Å². The van der Waals surface area contributed by atoms with E-state index < -0.39 is 0 Å². The Morgan fingerprint density at radius 1 is 1.33 bits per heavy atom. The zero-order valence-electron chi connectivity index (χ0n) is 9.54. The number of hydrogen-bond acceptors (Lipinski definition) is 1. The quantitative estimate of drug-likeness (QED) is 0.636. The smallest absolute Gasteiger partial charge is 0.274 e. The maximum Gasteiger partial charge on any atom is 0.274 e. The van der Waals surface area contributed by atoms with Crippen molar-refractivity contribution in [3.63, 3.8) is 0 Å². The van der Waals surface area contributed by atoms with E-state index in [1.165, 1.54) is 5.56 Å². The van der Waals surface area contributed by atoms with Crippen LogP contribution in [0.15, 0.2) is 18.3 Å². The van der Waals surface area contributed by atoms with E-state index in [1.807, 2.05) is 12.3 Å². The van der Waals surface area contributed by atoms with Crippen molar-refractivity contribution in [3.8, 4) is 0 Å². The fraction of sp³-hybridized carbons (Fsp3) is 0.538. The minimum Gasteiger partial charge on any atom is -0.303 e. The fourth-order valence-corrected chi connectivity index (χ4v) is 1.66. The molecule has 15 heavy (non-hydrogen) atoms. The van der Waals surface area contributed by atoms with Crippen molar-refractivity contribution in [1.82, 2.24) is 4.98 Å². The third-order valence-electron chi connectivity index (χ3n) is 3.04. The molecule has 0 saturated heterocycles. The van der Waals surface area contributed by atoms with Gasteiger partial charge in [0, 0.05) is 19.0 Å². The van der Waals surface area contributed by atoms with Crippen LogP contribution in [0.25, 0.3) is 4.85 Å². The largest absolute Gasteiger partial charge is 0.303 e. The van der Waals surface area contributed by atoms with Gasteiger partial charge in [-0.3, -0.25) is 4.98 Å². The number of aromatic nitrogens is 1. The normalized spacial score (nSPS) is 18.3. The summed E-state index contributed by atoms with van der Waals surface area (Å²) in [6, 6.07) is 4.12. The molecule has 1 saturated carbocycles. The predicted octanol–water partition coefficient (Wildman–Crippen LogP) is 3.29. The Labute approximate surface area is 91.2 Å². The highest BCUT2D eigenvalue weighted by molar-refractivity contribution is 5.31. The van der Waals surface area contributed by atoms with E-state index in [1.54, 1.807) is 0 Å². The van der Waals surface area contributed by atoms with Gasteiger partial charge in [-0.05, 0) is 17.0 Å². The van der Waals surface area contributed by atoms with Crippen LogP contribution in [-0.4, -0.2) is 4.98 Å². The summed E-state index contributed by atoms with van der Waals surface area (Å²) in [5.74, 6) is 0. The Bertz CT molecular complexity index is 400. The van der Waals surface area contributed by atoms with Crippen molar-refractivity contribution in [3.05, 3.63) is 41.0 Å². The molecule has 1 aliphatic carbocycles. The lowest BCUT2D eigenvalue weighted by molar-refractivity contribution is 0.585. The van der Waals surface area contributed by atoms with Crippen LogP contribution in [-0.2, 0) is 11.0 Å². The molecular weight excluding hydrogens is 184 g/mol. The number of nitrogens with zero attached hydrogens (tertiary/aromatic N) is 2. The molecule has 1 aliphatic rings. The first-order chi connectivity index (χ1) is 6.98. The van der Waals surface area contributed by atoms with Crippen molar-refractivity contribution in [2.45, 2.75) is 44.6 Å². The van der Waals surface area contributed by atoms with Gasteiger partial charge in [0.2, 0.25) is 0 Å². The van der Waals surface area contributed by atoms with Gasteiger partial charge >= 0.3 is 0 Å². The van der Waals surface area contributed by atoms with E-state index in [4.69, 9.17) is 6.57 Å². The lowest BCUT2D eigenvalue weighted by Crippen LogP contribution is -2.12. The molecule has 1 fully saturated rings. The highest BCUT2D eigenvalue weighted by atomic mass is 14.9. The van der Waals surface area contributed by atoms with Gasteiger partial charge in [-0.2, -0.15) is 0 Å². The molecule has 0 unspecified atom stereocenters. The van der Waals surface area contributed by atoms with E-state index in [0.29, 0.717) is 0 Å². The zero-order chi connectivity index (χ0) is 11.1. The summed E-state index contributed by atoms with van der Waals surface area (Å²) in [5.41, 5.74) is 2.05. The summed E-state index contributed by atoms with van der Waals surface area (Å²) in [6.45, 7) is 13.7. The van der Waals surface area contributed by atoms with E-state index >= 15 is 0 Å². The number of hydrogen-bond donors (Lipinski definition) is 0. The molecule has 0 aromatic carbocycles. The SMILES string of the molecule is [C-]#[N+]C1(c2ccc(C(C)(C)C)cn2)CC1. The molecule has 0 amide bonds. The van der Waals surface area contributed by atoms with Crippen molar-refractivity contribution >= 4 is 0 Å². The van der Waals surface area contributed by atoms with E-state index in [0.717, 1.165) is 18.5 Å². The maximum absolute atomic E-state index is 7.17. The highest BCUT2D eigenvalue weighted by Gasteiger charge is 2.53. The van der Waals surface area contributed by atoms with E-state index in [-0.39, 0.29) is 11.0 Å². The second-order valence-corrected chi connectivity index (χ2v) is 5.33. The Morgan fingerprint density at radius 3 is 2.33 bits per heavy atom. The summed E-state index contributed by atoms with van der Waals surface area (Å²) < 4.78 is 0. The molecule has 1 aromatic rings. The molecule has 2 nitrogen and oxygen atoms in total. The standard InChI is InChI=1S/C13H16N2/c1-12(2,3)10-5-6-11(15-9-10)13(14-4)7-8-13/h5-6,9H,7-8H2,1-3H3. The first-order valence-electron chi connectivity index (χ1n) is 5.34. The molecule has 78 valence electrons. The first kappa shape index (κ1) is 10.2. The van der Waals surface area contributed by atoms with Crippen LogP contribution in [0, 0.1) is 6.57 Å². The summed E-state index contributed by atoms with van der Waals surface area (Å²) in [6.07, 6.45) is 3.86. The Hall–Kier alpha value is -1.36. The summed E-state index contributed by atoms with van der Waals surface area (Å²) in [7, 11) is 0. The molecule has 1 aromatic heterocycles. The molecular formula is C13H16N2. The molecule has 0 radical (unpaired) electrons. The Morgan fingerprint density at radius 2 is 2.00 bits per heavy atom. The van der Waals surface area contributed by atoms with Gasteiger partial charge in [-0.15, -0.1) is 0 Å². The van der Waals surface area contributed by atoms with E-state index in [2.05, 4.69) is 36.7 Å². The molecule has 0 aliphatic heterocycles. The zero-order valence-corrected chi connectivity index (χ0v) is 9.54. The lowest BCUT2D eigenvalue weighted by Gasteiger charge is -2.18. The molecule has 0 spiro atoms. The lowest BCUT2D eigenvalue weighted by atomic mass is 9.88. The highest BCUT2D eigenvalue weighted by Crippen LogP contribution is 2.48. The van der Waals surface area contributed by atoms with Crippen LogP contribution >= 0.6 is 0 Å². The second kappa shape index (κ2) is 3.06. The first-order valence-corrected chi connectivity index (χ1v) is 5.34. The molecule has 1 heterocycles. The Balaban J connectivity index is 2.30.